The number of aliphatic carboxylic acids is 1. The van der Waals surface area contributed by atoms with E-state index in [-0.39, 0.29) is 0 Å². The first-order valence-electron chi connectivity index (χ1n) is 4.88. The van der Waals surface area contributed by atoms with Crippen LogP contribution >= 0.6 is 0 Å². The second-order valence-corrected chi connectivity index (χ2v) is 3.33. The van der Waals surface area contributed by atoms with Crippen LogP contribution < -0.4 is 9.84 Å². The molecule has 15 heavy (non-hydrogen) atoms. The average molecular weight is 208 g/mol. The normalized spacial score (nSPS) is 12.2. The van der Waals surface area contributed by atoms with E-state index >= 15 is 0 Å². The first-order valence-corrected chi connectivity index (χ1v) is 4.88. The Hall–Kier alpha value is -1.58. The van der Waals surface area contributed by atoms with Gasteiger partial charge in [-0.05, 0) is 32.4 Å². The molecule has 1 aromatic rings. The van der Waals surface area contributed by atoms with E-state index in [0.29, 0.717) is 12.2 Å². The number of aromatic nitrogens is 1. The van der Waals surface area contributed by atoms with E-state index in [0.717, 1.165) is 11.4 Å². The van der Waals surface area contributed by atoms with E-state index in [1.165, 1.54) is 6.92 Å². The molecule has 0 amide bonds. The molecule has 0 saturated carbocycles. The molecular weight excluding hydrogens is 194 g/mol. The molecule has 1 rings (SSSR count). The van der Waals surface area contributed by atoms with Crippen molar-refractivity contribution < 1.29 is 14.6 Å². The summed E-state index contributed by atoms with van der Waals surface area (Å²) < 4.78 is 5.23. The van der Waals surface area contributed by atoms with Crippen molar-refractivity contribution >= 4 is 5.97 Å². The summed E-state index contributed by atoms with van der Waals surface area (Å²) in [7, 11) is 0. The Labute approximate surface area is 88.9 Å². The number of aryl methyl sites for hydroxylation is 2. The summed E-state index contributed by atoms with van der Waals surface area (Å²) in [5.74, 6) is -0.711. The molecule has 0 unspecified atom stereocenters. The number of hydrogen-bond donors (Lipinski definition) is 0. The Morgan fingerprint density at radius 1 is 1.60 bits per heavy atom. The third-order valence-electron chi connectivity index (χ3n) is 2.04. The molecule has 1 heterocycles. The summed E-state index contributed by atoms with van der Waals surface area (Å²) in [5, 5.41) is 10.5. The average Bonchev–Trinajstić information content (AvgIpc) is 2.20. The summed E-state index contributed by atoms with van der Waals surface area (Å²) in [4.78, 5) is 14.8. The van der Waals surface area contributed by atoms with Crippen molar-refractivity contribution in [1.29, 1.82) is 0 Å². The molecule has 0 saturated heterocycles. The Balaban J connectivity index is 2.89. The second-order valence-electron chi connectivity index (χ2n) is 3.33. The minimum Gasteiger partial charge on any atom is -0.546 e. The zero-order valence-corrected chi connectivity index (χ0v) is 9.11. The molecule has 0 radical (unpaired) electrons. The van der Waals surface area contributed by atoms with Gasteiger partial charge in [0.25, 0.3) is 0 Å². The zero-order chi connectivity index (χ0) is 11.4. The van der Waals surface area contributed by atoms with Gasteiger partial charge in [-0.15, -0.1) is 0 Å². The van der Waals surface area contributed by atoms with Gasteiger partial charge >= 0.3 is 0 Å². The van der Waals surface area contributed by atoms with Crippen LogP contribution in [0, 0.1) is 6.92 Å². The number of hydrogen-bond acceptors (Lipinski definition) is 4. The topological polar surface area (TPSA) is 62.2 Å². The van der Waals surface area contributed by atoms with Crippen molar-refractivity contribution in [2.75, 3.05) is 0 Å². The number of carbonyl (C=O) groups is 1. The van der Waals surface area contributed by atoms with Crippen molar-refractivity contribution in [2.45, 2.75) is 33.3 Å². The molecule has 1 atom stereocenters. The third-order valence-corrected chi connectivity index (χ3v) is 2.04. The Morgan fingerprint density at radius 3 is 2.80 bits per heavy atom. The fourth-order valence-corrected chi connectivity index (χ4v) is 1.20. The number of carboxylic acids is 1. The van der Waals surface area contributed by atoms with Gasteiger partial charge in [-0.3, -0.25) is 4.98 Å². The third kappa shape index (κ3) is 2.94. The van der Waals surface area contributed by atoms with Crippen LogP contribution in [0.15, 0.2) is 12.1 Å². The van der Waals surface area contributed by atoms with E-state index in [1.807, 2.05) is 13.8 Å². The van der Waals surface area contributed by atoms with Crippen molar-refractivity contribution in [3.05, 3.63) is 23.5 Å². The molecule has 0 aliphatic carbocycles. The van der Waals surface area contributed by atoms with Gasteiger partial charge in [0.05, 0.1) is 11.7 Å². The first-order chi connectivity index (χ1) is 7.04. The van der Waals surface area contributed by atoms with Crippen LogP contribution in [0.3, 0.4) is 0 Å². The highest BCUT2D eigenvalue weighted by atomic mass is 16.5. The fourth-order valence-electron chi connectivity index (χ4n) is 1.20. The molecule has 4 heteroatoms. The summed E-state index contributed by atoms with van der Waals surface area (Å²) in [6.45, 7) is 5.26. The van der Waals surface area contributed by atoms with E-state index in [1.54, 1.807) is 12.1 Å². The van der Waals surface area contributed by atoms with Crippen LogP contribution in [0.2, 0.25) is 0 Å². The van der Waals surface area contributed by atoms with Gasteiger partial charge in [-0.25, -0.2) is 0 Å². The largest absolute Gasteiger partial charge is 0.546 e. The van der Waals surface area contributed by atoms with Crippen LogP contribution in [0.1, 0.15) is 25.2 Å². The van der Waals surface area contributed by atoms with E-state index in [2.05, 4.69) is 4.98 Å². The number of carbonyl (C=O) groups excluding carboxylic acids is 1. The van der Waals surface area contributed by atoms with Crippen LogP contribution in [0.25, 0.3) is 0 Å². The van der Waals surface area contributed by atoms with Crippen LogP contribution in [-0.4, -0.2) is 17.1 Å². The van der Waals surface area contributed by atoms with Crippen LogP contribution in [0.5, 0.6) is 5.75 Å². The highest BCUT2D eigenvalue weighted by molar-refractivity contribution is 5.69. The number of nitrogens with zero attached hydrogens (tertiary/aromatic N) is 1. The lowest BCUT2D eigenvalue weighted by Gasteiger charge is -2.17. The molecule has 0 aliphatic rings. The molecule has 82 valence electrons. The molecule has 0 aromatic carbocycles. The van der Waals surface area contributed by atoms with Gasteiger partial charge in [-0.1, -0.05) is 6.92 Å². The lowest BCUT2D eigenvalue weighted by Crippen LogP contribution is -2.37. The predicted octanol–water partition coefficient (Wildman–Crippen LogP) is 0.470. The Kier molecular flexibility index (Phi) is 3.66. The van der Waals surface area contributed by atoms with Crippen molar-refractivity contribution in [3.63, 3.8) is 0 Å². The number of carboxylic acid groups (broad SMARTS) is 1. The molecule has 0 spiro atoms. The molecule has 0 aliphatic heterocycles. The molecule has 0 N–H and O–H groups in total. The summed E-state index contributed by atoms with van der Waals surface area (Å²) in [6.07, 6.45) is -0.253. The van der Waals surface area contributed by atoms with Gasteiger partial charge in [0.15, 0.2) is 0 Å². The smallest absolute Gasteiger partial charge is 0.141 e. The van der Waals surface area contributed by atoms with Gasteiger partial charge in [-0.2, -0.15) is 0 Å². The molecular formula is C11H14NO3-. The van der Waals surface area contributed by atoms with Crippen molar-refractivity contribution in [3.8, 4) is 5.75 Å². The van der Waals surface area contributed by atoms with Crippen molar-refractivity contribution in [2.24, 2.45) is 0 Å². The lowest BCUT2D eigenvalue weighted by atomic mass is 10.2. The molecule has 0 bridgehead atoms. The van der Waals surface area contributed by atoms with E-state index < -0.39 is 12.1 Å². The molecule has 1 aromatic heterocycles. The first kappa shape index (κ1) is 11.5. The summed E-state index contributed by atoms with van der Waals surface area (Å²) >= 11 is 0. The van der Waals surface area contributed by atoms with Gasteiger partial charge in [0, 0.05) is 5.69 Å². The Morgan fingerprint density at radius 2 is 2.27 bits per heavy atom. The maximum Gasteiger partial charge on any atom is 0.141 e. The zero-order valence-electron chi connectivity index (χ0n) is 9.11. The quantitative estimate of drug-likeness (QED) is 0.721. The highest BCUT2D eigenvalue weighted by Crippen LogP contribution is 2.18. The van der Waals surface area contributed by atoms with Gasteiger partial charge in [0.2, 0.25) is 0 Å². The Bertz CT molecular complexity index is 363. The SMILES string of the molecule is CCc1nc(C)ccc1O[C@H](C)C(=O)[O-]. The van der Waals surface area contributed by atoms with Gasteiger partial charge in [0.1, 0.15) is 11.9 Å². The second kappa shape index (κ2) is 4.77. The summed E-state index contributed by atoms with van der Waals surface area (Å²) in [5.41, 5.74) is 1.66. The highest BCUT2D eigenvalue weighted by Gasteiger charge is 2.09. The monoisotopic (exact) mass is 208 g/mol. The minimum absolute atomic E-state index is 0.514. The number of pyridine rings is 1. The van der Waals surface area contributed by atoms with Crippen molar-refractivity contribution in [1.82, 2.24) is 4.98 Å². The van der Waals surface area contributed by atoms with E-state index in [9.17, 15) is 9.90 Å². The number of ether oxygens (including phenoxy) is 1. The van der Waals surface area contributed by atoms with Gasteiger partial charge < -0.3 is 14.6 Å². The van der Waals surface area contributed by atoms with E-state index in [4.69, 9.17) is 4.74 Å². The number of rotatable bonds is 4. The van der Waals surface area contributed by atoms with Crippen LogP contribution in [0.4, 0.5) is 0 Å². The molecule has 0 fully saturated rings. The maximum absolute atomic E-state index is 10.5. The maximum atomic E-state index is 10.5. The minimum atomic E-state index is -1.22. The molecule has 4 nitrogen and oxygen atoms in total. The van der Waals surface area contributed by atoms with Crippen LogP contribution in [-0.2, 0) is 11.2 Å². The lowest BCUT2D eigenvalue weighted by molar-refractivity contribution is -0.312. The standard InChI is InChI=1S/C11H15NO3/c1-4-9-10(6-5-7(2)12-9)15-8(3)11(13)14/h5-6,8H,4H2,1-3H3,(H,13,14)/p-1/t8-/m1/s1. The summed E-state index contributed by atoms with van der Waals surface area (Å²) in [6, 6.07) is 3.52. The fraction of sp³-hybridized carbons (Fsp3) is 0.455. The predicted molar refractivity (Wildman–Crippen MR) is 53.4 cm³/mol.